The summed E-state index contributed by atoms with van der Waals surface area (Å²) in [6, 6.07) is 4.22. The predicted molar refractivity (Wildman–Crippen MR) is 74.1 cm³/mol. The van der Waals surface area contributed by atoms with Crippen LogP contribution >= 0.6 is 11.6 Å². The van der Waals surface area contributed by atoms with Gasteiger partial charge in [0, 0.05) is 10.9 Å². The molecule has 0 unspecified atom stereocenters. The zero-order valence-electron chi connectivity index (χ0n) is 11.5. The summed E-state index contributed by atoms with van der Waals surface area (Å²) in [5.41, 5.74) is 3.68. The molecule has 0 aliphatic carbocycles. The molecular formula is C15H21ClO2. The smallest absolute Gasteiger partial charge is 0.162 e. The summed E-state index contributed by atoms with van der Waals surface area (Å²) >= 11 is 6.22. The Kier molecular flexibility index (Phi) is 4.00. The molecule has 3 heteroatoms. The number of ether oxygens (including phenoxy) is 2. The maximum Gasteiger partial charge on any atom is 0.162 e. The minimum absolute atomic E-state index is 0.412. The Bertz CT molecular complexity index is 430. The van der Waals surface area contributed by atoms with E-state index in [9.17, 15) is 0 Å². The van der Waals surface area contributed by atoms with E-state index >= 15 is 0 Å². The zero-order chi connectivity index (χ0) is 13.3. The molecule has 0 radical (unpaired) electrons. The average molecular weight is 269 g/mol. The van der Waals surface area contributed by atoms with Crippen molar-refractivity contribution in [3.63, 3.8) is 0 Å². The molecule has 18 heavy (non-hydrogen) atoms. The Morgan fingerprint density at radius 1 is 1.22 bits per heavy atom. The van der Waals surface area contributed by atoms with Gasteiger partial charge in [0.05, 0.1) is 13.2 Å². The summed E-state index contributed by atoms with van der Waals surface area (Å²) in [6.45, 7) is 9.56. The van der Waals surface area contributed by atoms with Gasteiger partial charge in [-0.3, -0.25) is 0 Å². The highest BCUT2D eigenvalue weighted by Gasteiger charge is 2.28. The fourth-order valence-corrected chi connectivity index (χ4v) is 2.55. The van der Waals surface area contributed by atoms with Crippen LogP contribution in [0.2, 0.25) is 5.02 Å². The third-order valence-corrected chi connectivity index (χ3v) is 3.83. The molecule has 2 nitrogen and oxygen atoms in total. The number of hydrogen-bond acceptors (Lipinski definition) is 2. The van der Waals surface area contributed by atoms with Crippen LogP contribution in [0.15, 0.2) is 12.1 Å². The van der Waals surface area contributed by atoms with E-state index in [0.717, 1.165) is 24.7 Å². The van der Waals surface area contributed by atoms with Gasteiger partial charge in [0.1, 0.15) is 0 Å². The maximum atomic E-state index is 6.22. The predicted octanol–water partition coefficient (Wildman–Crippen LogP) is 3.90. The van der Waals surface area contributed by atoms with Crippen LogP contribution in [0.1, 0.15) is 30.5 Å². The SMILES string of the molecule is Cc1cc(Cl)c(C)c(CC2COC(C)(C)OC2)c1. The van der Waals surface area contributed by atoms with Crippen molar-refractivity contribution in [2.24, 2.45) is 5.92 Å². The fourth-order valence-electron chi connectivity index (χ4n) is 2.25. The third-order valence-electron chi connectivity index (χ3n) is 3.44. The van der Waals surface area contributed by atoms with E-state index in [2.05, 4.69) is 19.9 Å². The quantitative estimate of drug-likeness (QED) is 0.810. The van der Waals surface area contributed by atoms with E-state index in [1.54, 1.807) is 0 Å². The van der Waals surface area contributed by atoms with Crippen molar-refractivity contribution < 1.29 is 9.47 Å². The first kappa shape index (κ1) is 13.9. The van der Waals surface area contributed by atoms with Gasteiger partial charge in [0.15, 0.2) is 5.79 Å². The maximum absolute atomic E-state index is 6.22. The molecule has 1 saturated heterocycles. The van der Waals surface area contributed by atoms with E-state index < -0.39 is 5.79 Å². The minimum Gasteiger partial charge on any atom is -0.350 e. The van der Waals surface area contributed by atoms with Gasteiger partial charge < -0.3 is 9.47 Å². The number of benzene rings is 1. The molecule has 0 amide bonds. The fraction of sp³-hybridized carbons (Fsp3) is 0.600. The Morgan fingerprint density at radius 2 is 1.83 bits per heavy atom. The molecule has 1 aromatic carbocycles. The van der Waals surface area contributed by atoms with Crippen molar-refractivity contribution in [3.8, 4) is 0 Å². The number of hydrogen-bond donors (Lipinski definition) is 0. The molecule has 1 aliphatic rings. The second kappa shape index (κ2) is 5.20. The highest BCUT2D eigenvalue weighted by atomic mass is 35.5. The minimum atomic E-state index is -0.435. The number of aryl methyl sites for hydroxylation is 1. The average Bonchev–Trinajstić information content (AvgIpc) is 2.28. The second-order valence-corrected chi connectivity index (χ2v) is 6.03. The molecular weight excluding hydrogens is 248 g/mol. The van der Waals surface area contributed by atoms with Crippen LogP contribution in [0.4, 0.5) is 0 Å². The molecule has 1 heterocycles. The third kappa shape index (κ3) is 3.25. The van der Waals surface area contributed by atoms with Crippen LogP contribution in [0.3, 0.4) is 0 Å². The molecule has 0 bridgehead atoms. The molecule has 1 fully saturated rings. The van der Waals surface area contributed by atoms with Crippen molar-refractivity contribution in [3.05, 3.63) is 33.8 Å². The summed E-state index contributed by atoms with van der Waals surface area (Å²) < 4.78 is 11.4. The summed E-state index contributed by atoms with van der Waals surface area (Å²) in [6.07, 6.45) is 0.962. The summed E-state index contributed by atoms with van der Waals surface area (Å²) in [7, 11) is 0. The van der Waals surface area contributed by atoms with Gasteiger partial charge in [-0.15, -0.1) is 0 Å². The summed E-state index contributed by atoms with van der Waals surface area (Å²) in [4.78, 5) is 0. The van der Waals surface area contributed by atoms with Gasteiger partial charge in [-0.2, -0.15) is 0 Å². The van der Waals surface area contributed by atoms with Crippen LogP contribution in [0, 0.1) is 19.8 Å². The lowest BCUT2D eigenvalue weighted by Gasteiger charge is -2.35. The van der Waals surface area contributed by atoms with E-state index in [-0.39, 0.29) is 0 Å². The molecule has 100 valence electrons. The van der Waals surface area contributed by atoms with Gasteiger partial charge in [-0.25, -0.2) is 0 Å². The molecule has 0 spiro atoms. The van der Waals surface area contributed by atoms with Gasteiger partial charge in [0.25, 0.3) is 0 Å². The molecule has 1 aromatic rings. The van der Waals surface area contributed by atoms with E-state index in [1.165, 1.54) is 16.7 Å². The summed E-state index contributed by atoms with van der Waals surface area (Å²) in [5.74, 6) is -0.0231. The van der Waals surface area contributed by atoms with Gasteiger partial charge >= 0.3 is 0 Å². The number of halogens is 1. The first-order valence-electron chi connectivity index (χ1n) is 6.41. The van der Waals surface area contributed by atoms with Gasteiger partial charge in [-0.1, -0.05) is 17.7 Å². The van der Waals surface area contributed by atoms with Crippen LogP contribution < -0.4 is 0 Å². The summed E-state index contributed by atoms with van der Waals surface area (Å²) in [5, 5.41) is 0.850. The standard InChI is InChI=1S/C15H21ClO2/c1-10-5-13(11(2)14(16)6-10)7-12-8-17-15(3,4)18-9-12/h5-6,12H,7-9H2,1-4H3. The monoisotopic (exact) mass is 268 g/mol. The first-order valence-corrected chi connectivity index (χ1v) is 6.79. The Labute approximate surface area is 114 Å². The molecule has 2 rings (SSSR count). The lowest BCUT2D eigenvalue weighted by molar-refractivity contribution is -0.261. The van der Waals surface area contributed by atoms with Crippen LogP contribution in [0.5, 0.6) is 0 Å². The van der Waals surface area contributed by atoms with E-state index in [1.807, 2.05) is 19.9 Å². The van der Waals surface area contributed by atoms with E-state index in [0.29, 0.717) is 5.92 Å². The van der Waals surface area contributed by atoms with Crippen molar-refractivity contribution in [2.45, 2.75) is 39.9 Å². The normalized spacial score (nSPS) is 20.1. The highest BCUT2D eigenvalue weighted by molar-refractivity contribution is 6.31. The number of rotatable bonds is 2. The van der Waals surface area contributed by atoms with Crippen LogP contribution in [0.25, 0.3) is 0 Å². The van der Waals surface area contributed by atoms with Gasteiger partial charge in [0.2, 0.25) is 0 Å². The van der Waals surface area contributed by atoms with Crippen LogP contribution in [-0.2, 0) is 15.9 Å². The van der Waals surface area contributed by atoms with Crippen molar-refractivity contribution >= 4 is 11.6 Å². The molecule has 0 N–H and O–H groups in total. The first-order chi connectivity index (χ1) is 8.37. The Hall–Kier alpha value is -0.570. The Morgan fingerprint density at radius 3 is 2.44 bits per heavy atom. The Balaban J connectivity index is 2.07. The van der Waals surface area contributed by atoms with Crippen LogP contribution in [-0.4, -0.2) is 19.0 Å². The molecule has 1 aliphatic heterocycles. The highest BCUT2D eigenvalue weighted by Crippen LogP contribution is 2.27. The second-order valence-electron chi connectivity index (χ2n) is 5.62. The van der Waals surface area contributed by atoms with Gasteiger partial charge in [-0.05, 0) is 56.9 Å². The van der Waals surface area contributed by atoms with Crippen molar-refractivity contribution in [2.75, 3.05) is 13.2 Å². The van der Waals surface area contributed by atoms with E-state index in [4.69, 9.17) is 21.1 Å². The topological polar surface area (TPSA) is 18.5 Å². The zero-order valence-corrected chi connectivity index (χ0v) is 12.3. The molecule has 0 atom stereocenters. The molecule has 0 saturated carbocycles. The lowest BCUT2D eigenvalue weighted by Crippen LogP contribution is -2.40. The largest absolute Gasteiger partial charge is 0.350 e. The lowest BCUT2D eigenvalue weighted by atomic mass is 9.95. The molecule has 0 aromatic heterocycles. The van der Waals surface area contributed by atoms with Crippen molar-refractivity contribution in [1.82, 2.24) is 0 Å². The van der Waals surface area contributed by atoms with Crippen molar-refractivity contribution in [1.29, 1.82) is 0 Å².